The van der Waals surface area contributed by atoms with Crippen molar-refractivity contribution < 1.29 is 0 Å². The minimum atomic E-state index is 0.379. The number of hydrogen-bond acceptors (Lipinski definition) is 3. The van der Waals surface area contributed by atoms with Gasteiger partial charge in [-0.2, -0.15) is 5.10 Å². The van der Waals surface area contributed by atoms with E-state index in [1.807, 2.05) is 0 Å². The number of aromatic nitrogens is 3. The first-order valence-electron chi connectivity index (χ1n) is 8.61. The molecule has 0 aliphatic heterocycles. The van der Waals surface area contributed by atoms with Crippen LogP contribution in [0.15, 0.2) is 6.33 Å². The zero-order valence-electron chi connectivity index (χ0n) is 14.2. The smallest absolute Gasteiger partial charge is 0.138 e. The van der Waals surface area contributed by atoms with Crippen LogP contribution in [0.1, 0.15) is 65.6 Å². The maximum atomic E-state index is 4.56. The molecule has 0 atom stereocenters. The normalized spacial score (nSPS) is 18.6. The van der Waals surface area contributed by atoms with Crippen molar-refractivity contribution in [3.05, 3.63) is 12.2 Å². The zero-order chi connectivity index (χ0) is 15.3. The number of nitrogens with zero attached hydrogens (tertiary/aromatic N) is 3. The lowest BCUT2D eigenvalue weighted by atomic mass is 9.71. The number of rotatable bonds is 7. The van der Waals surface area contributed by atoms with E-state index >= 15 is 0 Å². The fraction of sp³-hybridized carbons (Fsp3) is 0.882. The van der Waals surface area contributed by atoms with E-state index in [9.17, 15) is 0 Å². The molecule has 2 rings (SSSR count). The molecule has 120 valence electrons. The van der Waals surface area contributed by atoms with Gasteiger partial charge in [0.2, 0.25) is 0 Å². The Labute approximate surface area is 129 Å². The van der Waals surface area contributed by atoms with Gasteiger partial charge in [0.15, 0.2) is 0 Å². The number of nitrogens with one attached hydrogen (secondary N) is 1. The molecule has 1 fully saturated rings. The van der Waals surface area contributed by atoms with E-state index in [1.165, 1.54) is 37.9 Å². The van der Waals surface area contributed by atoms with Gasteiger partial charge in [0.1, 0.15) is 12.2 Å². The van der Waals surface area contributed by atoms with Gasteiger partial charge in [0.25, 0.3) is 0 Å². The van der Waals surface area contributed by atoms with E-state index in [4.69, 9.17) is 0 Å². The van der Waals surface area contributed by atoms with Gasteiger partial charge in [0, 0.05) is 25.6 Å². The van der Waals surface area contributed by atoms with E-state index in [2.05, 4.69) is 47.8 Å². The van der Waals surface area contributed by atoms with Crippen molar-refractivity contribution in [1.29, 1.82) is 0 Å². The van der Waals surface area contributed by atoms with Crippen LogP contribution in [0.3, 0.4) is 0 Å². The average molecular weight is 292 g/mol. The SMILES string of the molecule is CC(C)Cn1ncnc1CC1(CNC(C)C)CCCCC1. The second-order valence-corrected chi connectivity index (χ2v) is 7.53. The molecular formula is C17H32N4. The Bertz CT molecular complexity index is 416. The zero-order valence-corrected chi connectivity index (χ0v) is 14.2. The Hall–Kier alpha value is -0.900. The topological polar surface area (TPSA) is 42.7 Å². The van der Waals surface area contributed by atoms with Crippen LogP contribution in [0.5, 0.6) is 0 Å². The summed E-state index contributed by atoms with van der Waals surface area (Å²) in [6.45, 7) is 11.0. The molecule has 21 heavy (non-hydrogen) atoms. The Morgan fingerprint density at radius 3 is 2.52 bits per heavy atom. The van der Waals surface area contributed by atoms with Crippen LogP contribution < -0.4 is 5.32 Å². The standard InChI is InChI=1S/C17H32N4/c1-14(2)11-21-16(19-13-20-21)10-17(12-18-15(3)4)8-6-5-7-9-17/h13-15,18H,5-12H2,1-4H3. The minimum Gasteiger partial charge on any atom is -0.314 e. The van der Waals surface area contributed by atoms with Crippen molar-refractivity contribution in [3.8, 4) is 0 Å². The fourth-order valence-corrected chi connectivity index (χ4v) is 3.40. The molecule has 0 bridgehead atoms. The summed E-state index contributed by atoms with van der Waals surface area (Å²) in [4.78, 5) is 4.56. The summed E-state index contributed by atoms with van der Waals surface area (Å²) in [7, 11) is 0. The molecule has 0 aromatic carbocycles. The van der Waals surface area contributed by atoms with Crippen LogP contribution in [-0.2, 0) is 13.0 Å². The van der Waals surface area contributed by atoms with E-state index in [0.717, 1.165) is 19.5 Å². The van der Waals surface area contributed by atoms with Gasteiger partial charge >= 0.3 is 0 Å². The highest BCUT2D eigenvalue weighted by atomic mass is 15.3. The Balaban J connectivity index is 2.09. The lowest BCUT2D eigenvalue weighted by Gasteiger charge is -2.38. The molecule has 0 spiro atoms. The third kappa shape index (κ3) is 4.80. The summed E-state index contributed by atoms with van der Waals surface area (Å²) in [5.74, 6) is 1.79. The highest BCUT2D eigenvalue weighted by molar-refractivity contribution is 4.97. The lowest BCUT2D eigenvalue weighted by molar-refractivity contribution is 0.170. The van der Waals surface area contributed by atoms with Crippen LogP contribution in [0.2, 0.25) is 0 Å². The molecule has 0 radical (unpaired) electrons. The molecule has 1 N–H and O–H groups in total. The first kappa shape index (κ1) is 16.5. The third-order valence-corrected chi connectivity index (χ3v) is 4.57. The van der Waals surface area contributed by atoms with Gasteiger partial charge < -0.3 is 5.32 Å². The van der Waals surface area contributed by atoms with Crippen LogP contribution >= 0.6 is 0 Å². The maximum absolute atomic E-state index is 4.56. The van der Waals surface area contributed by atoms with E-state index in [0.29, 0.717) is 17.4 Å². The highest BCUT2D eigenvalue weighted by Gasteiger charge is 2.33. The Kier molecular flexibility index (Phi) is 5.80. The first-order chi connectivity index (χ1) is 10.0. The van der Waals surface area contributed by atoms with Crippen molar-refractivity contribution >= 4 is 0 Å². The molecule has 4 heteroatoms. The first-order valence-corrected chi connectivity index (χ1v) is 8.61. The molecule has 1 heterocycles. The highest BCUT2D eigenvalue weighted by Crippen LogP contribution is 2.38. The largest absolute Gasteiger partial charge is 0.314 e. The molecule has 0 amide bonds. The molecule has 0 saturated heterocycles. The monoisotopic (exact) mass is 292 g/mol. The van der Waals surface area contributed by atoms with Gasteiger partial charge in [-0.25, -0.2) is 9.67 Å². The van der Waals surface area contributed by atoms with Crippen LogP contribution in [0, 0.1) is 11.3 Å². The Morgan fingerprint density at radius 1 is 1.19 bits per heavy atom. The minimum absolute atomic E-state index is 0.379. The third-order valence-electron chi connectivity index (χ3n) is 4.57. The lowest BCUT2D eigenvalue weighted by Crippen LogP contribution is -2.41. The molecule has 4 nitrogen and oxygen atoms in total. The van der Waals surface area contributed by atoms with Gasteiger partial charge in [-0.15, -0.1) is 0 Å². The predicted molar refractivity (Wildman–Crippen MR) is 87.2 cm³/mol. The fourth-order valence-electron chi connectivity index (χ4n) is 3.40. The summed E-state index contributed by atoms with van der Waals surface area (Å²) in [6.07, 6.45) is 9.55. The van der Waals surface area contributed by atoms with Crippen molar-refractivity contribution in [2.75, 3.05) is 6.54 Å². The number of hydrogen-bond donors (Lipinski definition) is 1. The molecule has 1 aliphatic carbocycles. The summed E-state index contributed by atoms with van der Waals surface area (Å²) < 4.78 is 2.12. The predicted octanol–water partition coefficient (Wildman–Crippen LogP) is 3.43. The summed E-state index contributed by atoms with van der Waals surface area (Å²) in [6, 6.07) is 0.553. The summed E-state index contributed by atoms with van der Waals surface area (Å²) >= 11 is 0. The quantitative estimate of drug-likeness (QED) is 0.837. The van der Waals surface area contributed by atoms with Crippen molar-refractivity contribution in [1.82, 2.24) is 20.1 Å². The molecule has 1 aromatic rings. The molecular weight excluding hydrogens is 260 g/mol. The van der Waals surface area contributed by atoms with Gasteiger partial charge in [-0.1, -0.05) is 47.0 Å². The van der Waals surface area contributed by atoms with Crippen LogP contribution in [0.25, 0.3) is 0 Å². The summed E-state index contributed by atoms with van der Waals surface area (Å²) in [5.41, 5.74) is 0.379. The van der Waals surface area contributed by atoms with Gasteiger partial charge in [-0.3, -0.25) is 0 Å². The van der Waals surface area contributed by atoms with Crippen LogP contribution in [-0.4, -0.2) is 27.4 Å². The molecule has 1 aliphatic rings. The molecule has 1 saturated carbocycles. The summed E-state index contributed by atoms with van der Waals surface area (Å²) in [5, 5.41) is 8.10. The molecule has 0 unspecified atom stereocenters. The van der Waals surface area contributed by atoms with E-state index < -0.39 is 0 Å². The Morgan fingerprint density at radius 2 is 1.90 bits per heavy atom. The second kappa shape index (κ2) is 7.39. The molecule has 1 aromatic heterocycles. The van der Waals surface area contributed by atoms with E-state index in [1.54, 1.807) is 6.33 Å². The van der Waals surface area contributed by atoms with Gasteiger partial charge in [0.05, 0.1) is 0 Å². The maximum Gasteiger partial charge on any atom is 0.138 e. The van der Waals surface area contributed by atoms with E-state index in [-0.39, 0.29) is 0 Å². The second-order valence-electron chi connectivity index (χ2n) is 7.53. The van der Waals surface area contributed by atoms with Crippen molar-refractivity contribution in [2.24, 2.45) is 11.3 Å². The van der Waals surface area contributed by atoms with Crippen molar-refractivity contribution in [2.45, 2.75) is 78.8 Å². The average Bonchev–Trinajstić information content (AvgIpc) is 2.84. The van der Waals surface area contributed by atoms with Crippen molar-refractivity contribution in [3.63, 3.8) is 0 Å². The van der Waals surface area contributed by atoms with Crippen LogP contribution in [0.4, 0.5) is 0 Å². The van der Waals surface area contributed by atoms with Gasteiger partial charge in [-0.05, 0) is 24.2 Å².